The molecule has 2 amide bonds. The third-order valence-corrected chi connectivity index (χ3v) is 5.01. The molecule has 1 aromatic heterocycles. The Kier molecular flexibility index (Phi) is 6.13. The first-order chi connectivity index (χ1) is 12.1. The standard InChI is InChI=1S/C18H20Cl2N4O/c19-16-6-4-14(10-17(16)20)23-18(25)24-9-8-22-12-15(24)5-3-13-2-1-7-21-11-13/h1-2,4,6-7,10-11,15,22H,3,5,8-9,12H2,(H,23,25). The Morgan fingerprint density at radius 1 is 1.32 bits per heavy atom. The van der Waals surface area contributed by atoms with Crippen molar-refractivity contribution in [2.75, 3.05) is 25.0 Å². The van der Waals surface area contributed by atoms with Gasteiger partial charge in [0.15, 0.2) is 0 Å². The Morgan fingerprint density at radius 2 is 2.20 bits per heavy atom. The number of nitrogens with one attached hydrogen (secondary N) is 2. The number of halogens is 2. The minimum Gasteiger partial charge on any atom is -0.319 e. The number of carbonyl (C=O) groups excluding carboxylic acids is 1. The average Bonchev–Trinajstić information content (AvgIpc) is 2.64. The van der Waals surface area contributed by atoms with Gasteiger partial charge in [-0.25, -0.2) is 4.79 Å². The Bertz CT molecular complexity index is 726. The van der Waals surface area contributed by atoms with Crippen molar-refractivity contribution in [2.24, 2.45) is 0 Å². The fourth-order valence-corrected chi connectivity index (χ4v) is 3.23. The second-order valence-corrected chi connectivity index (χ2v) is 6.82. The predicted octanol–water partition coefficient (Wildman–Crippen LogP) is 3.83. The summed E-state index contributed by atoms with van der Waals surface area (Å²) in [6, 6.07) is 9.10. The number of aryl methyl sites for hydroxylation is 1. The molecule has 1 aliphatic heterocycles. The Balaban J connectivity index is 1.63. The summed E-state index contributed by atoms with van der Waals surface area (Å²) >= 11 is 11.9. The lowest BCUT2D eigenvalue weighted by Crippen LogP contribution is -2.55. The number of carbonyl (C=O) groups is 1. The molecule has 1 saturated heterocycles. The van der Waals surface area contributed by atoms with E-state index in [0.717, 1.165) is 25.9 Å². The van der Waals surface area contributed by atoms with Crippen LogP contribution in [0.5, 0.6) is 0 Å². The van der Waals surface area contributed by atoms with Crippen LogP contribution in [0.2, 0.25) is 10.0 Å². The molecule has 0 spiro atoms. The zero-order chi connectivity index (χ0) is 17.6. The van der Waals surface area contributed by atoms with Crippen molar-refractivity contribution in [3.05, 3.63) is 58.3 Å². The molecule has 1 atom stereocenters. The van der Waals surface area contributed by atoms with E-state index in [1.54, 1.807) is 24.4 Å². The normalized spacial score (nSPS) is 17.4. The summed E-state index contributed by atoms with van der Waals surface area (Å²) < 4.78 is 0. The molecule has 5 nitrogen and oxygen atoms in total. The van der Waals surface area contributed by atoms with E-state index in [-0.39, 0.29) is 12.1 Å². The summed E-state index contributed by atoms with van der Waals surface area (Å²) in [7, 11) is 0. The van der Waals surface area contributed by atoms with Crippen molar-refractivity contribution < 1.29 is 4.79 Å². The molecule has 3 rings (SSSR count). The predicted molar refractivity (Wildman–Crippen MR) is 101 cm³/mol. The highest BCUT2D eigenvalue weighted by Gasteiger charge is 2.26. The van der Waals surface area contributed by atoms with Gasteiger partial charge in [0.25, 0.3) is 0 Å². The van der Waals surface area contributed by atoms with Crippen LogP contribution in [-0.4, -0.2) is 41.6 Å². The molecule has 2 aromatic rings. The number of aromatic nitrogens is 1. The van der Waals surface area contributed by atoms with Gasteiger partial charge in [-0.1, -0.05) is 29.3 Å². The summed E-state index contributed by atoms with van der Waals surface area (Å²) in [5.74, 6) is 0. The molecule has 0 aliphatic carbocycles. The maximum atomic E-state index is 12.7. The third-order valence-electron chi connectivity index (χ3n) is 4.27. The summed E-state index contributed by atoms with van der Waals surface area (Å²) in [5, 5.41) is 7.16. The maximum absolute atomic E-state index is 12.7. The lowest BCUT2D eigenvalue weighted by atomic mass is 10.0. The van der Waals surface area contributed by atoms with Gasteiger partial charge in [-0.3, -0.25) is 4.98 Å². The lowest BCUT2D eigenvalue weighted by Gasteiger charge is -2.36. The number of amides is 2. The van der Waals surface area contributed by atoms with Crippen LogP contribution in [-0.2, 0) is 6.42 Å². The van der Waals surface area contributed by atoms with E-state index in [9.17, 15) is 4.79 Å². The van der Waals surface area contributed by atoms with Gasteiger partial charge in [-0.15, -0.1) is 0 Å². The lowest BCUT2D eigenvalue weighted by molar-refractivity contribution is 0.166. The molecule has 1 aliphatic rings. The van der Waals surface area contributed by atoms with Crippen molar-refractivity contribution in [2.45, 2.75) is 18.9 Å². The molecule has 25 heavy (non-hydrogen) atoms. The number of piperazine rings is 1. The zero-order valence-electron chi connectivity index (χ0n) is 13.7. The van der Waals surface area contributed by atoms with E-state index < -0.39 is 0 Å². The second kappa shape index (κ2) is 8.52. The van der Waals surface area contributed by atoms with Gasteiger partial charge in [0, 0.05) is 43.8 Å². The van der Waals surface area contributed by atoms with Crippen LogP contribution in [0.15, 0.2) is 42.7 Å². The number of urea groups is 1. The van der Waals surface area contributed by atoms with Crippen LogP contribution < -0.4 is 10.6 Å². The number of benzene rings is 1. The molecule has 132 valence electrons. The first-order valence-corrected chi connectivity index (χ1v) is 9.01. The molecule has 2 heterocycles. The second-order valence-electron chi connectivity index (χ2n) is 6.01. The molecule has 0 saturated carbocycles. The summed E-state index contributed by atoms with van der Waals surface area (Å²) in [4.78, 5) is 18.7. The molecular weight excluding hydrogens is 359 g/mol. The van der Waals surface area contributed by atoms with Gasteiger partial charge >= 0.3 is 6.03 Å². The van der Waals surface area contributed by atoms with Crippen molar-refractivity contribution in [3.8, 4) is 0 Å². The fraction of sp³-hybridized carbons (Fsp3) is 0.333. The van der Waals surface area contributed by atoms with Crippen LogP contribution in [0.4, 0.5) is 10.5 Å². The third kappa shape index (κ3) is 4.84. The quantitative estimate of drug-likeness (QED) is 0.849. The highest BCUT2D eigenvalue weighted by Crippen LogP contribution is 2.25. The SMILES string of the molecule is O=C(Nc1ccc(Cl)c(Cl)c1)N1CCNCC1CCc1cccnc1. The number of nitrogens with zero attached hydrogens (tertiary/aromatic N) is 2. The highest BCUT2D eigenvalue weighted by atomic mass is 35.5. The van der Waals surface area contributed by atoms with Gasteiger partial charge in [0.1, 0.15) is 0 Å². The van der Waals surface area contributed by atoms with Crippen LogP contribution >= 0.6 is 23.2 Å². The van der Waals surface area contributed by atoms with Crippen LogP contribution in [0.1, 0.15) is 12.0 Å². The largest absolute Gasteiger partial charge is 0.322 e. The molecule has 1 unspecified atom stereocenters. The first-order valence-electron chi connectivity index (χ1n) is 8.26. The maximum Gasteiger partial charge on any atom is 0.322 e. The molecule has 7 heteroatoms. The molecule has 0 bridgehead atoms. The summed E-state index contributed by atoms with van der Waals surface area (Å²) in [6.07, 6.45) is 5.41. The number of pyridine rings is 1. The molecule has 0 radical (unpaired) electrons. The van der Waals surface area contributed by atoms with E-state index in [2.05, 4.69) is 21.7 Å². The smallest absolute Gasteiger partial charge is 0.319 e. The van der Waals surface area contributed by atoms with E-state index in [0.29, 0.717) is 22.3 Å². The van der Waals surface area contributed by atoms with Gasteiger partial charge in [0.2, 0.25) is 0 Å². The molecule has 1 fully saturated rings. The molecule has 2 N–H and O–H groups in total. The summed E-state index contributed by atoms with van der Waals surface area (Å²) in [5.41, 5.74) is 1.82. The monoisotopic (exact) mass is 378 g/mol. The number of hydrogen-bond acceptors (Lipinski definition) is 3. The topological polar surface area (TPSA) is 57.3 Å². The Hall–Kier alpha value is -1.82. The fourth-order valence-electron chi connectivity index (χ4n) is 2.93. The number of hydrogen-bond donors (Lipinski definition) is 2. The van der Waals surface area contributed by atoms with Crippen molar-refractivity contribution in [1.82, 2.24) is 15.2 Å². The van der Waals surface area contributed by atoms with Gasteiger partial charge in [0.05, 0.1) is 10.0 Å². The van der Waals surface area contributed by atoms with Crippen molar-refractivity contribution in [3.63, 3.8) is 0 Å². The van der Waals surface area contributed by atoms with E-state index in [1.807, 2.05) is 17.2 Å². The zero-order valence-corrected chi connectivity index (χ0v) is 15.2. The van der Waals surface area contributed by atoms with Crippen molar-refractivity contribution >= 4 is 34.9 Å². The van der Waals surface area contributed by atoms with Gasteiger partial charge in [-0.05, 0) is 42.7 Å². The minimum atomic E-state index is -0.115. The van der Waals surface area contributed by atoms with Crippen LogP contribution in [0, 0.1) is 0 Å². The Morgan fingerprint density at radius 3 is 2.96 bits per heavy atom. The minimum absolute atomic E-state index is 0.115. The summed E-state index contributed by atoms with van der Waals surface area (Å²) in [6.45, 7) is 2.25. The number of anilines is 1. The number of rotatable bonds is 4. The average molecular weight is 379 g/mol. The van der Waals surface area contributed by atoms with E-state index in [4.69, 9.17) is 23.2 Å². The first kappa shape index (κ1) is 18.0. The van der Waals surface area contributed by atoms with E-state index >= 15 is 0 Å². The Labute approximate surface area is 157 Å². The molecule has 1 aromatic carbocycles. The van der Waals surface area contributed by atoms with Crippen LogP contribution in [0.3, 0.4) is 0 Å². The van der Waals surface area contributed by atoms with Gasteiger partial charge < -0.3 is 15.5 Å². The van der Waals surface area contributed by atoms with Crippen molar-refractivity contribution in [1.29, 1.82) is 0 Å². The molecular formula is C18H20Cl2N4O. The van der Waals surface area contributed by atoms with E-state index in [1.165, 1.54) is 5.56 Å². The van der Waals surface area contributed by atoms with Gasteiger partial charge in [-0.2, -0.15) is 0 Å². The van der Waals surface area contributed by atoms with Crippen LogP contribution in [0.25, 0.3) is 0 Å². The highest BCUT2D eigenvalue weighted by molar-refractivity contribution is 6.42.